The van der Waals surface area contributed by atoms with Crippen LogP contribution in [0.1, 0.15) is 0 Å². The first-order valence-electron chi connectivity index (χ1n) is 14.3. The summed E-state index contributed by atoms with van der Waals surface area (Å²) in [5, 5.41) is 7.26. The molecule has 0 aliphatic rings. The maximum absolute atomic E-state index is 7.57. The minimum Gasteiger partial charge on any atom is -0.425 e. The summed E-state index contributed by atoms with van der Waals surface area (Å²) in [6.45, 7) is 2.18. The third-order valence-corrected chi connectivity index (χ3v) is 19.3. The lowest BCUT2D eigenvalue weighted by Crippen LogP contribution is -2.74. The topological polar surface area (TPSA) is 18.5 Å². The average molecular weight is 594 g/mol. The van der Waals surface area contributed by atoms with Crippen LogP contribution in [0.5, 0.6) is 0 Å². The number of hydrogen-bond acceptors (Lipinski definition) is 2. The smallest absolute Gasteiger partial charge is 0.360 e. The van der Waals surface area contributed by atoms with Gasteiger partial charge in [0.2, 0.25) is 0 Å². The Hall–Kier alpha value is -4.11. The third-order valence-electron chi connectivity index (χ3n) is 7.68. The zero-order chi connectivity index (χ0) is 28.7. The Bertz CT molecular complexity index is 1350. The Labute approximate surface area is 253 Å². The van der Waals surface area contributed by atoms with Crippen molar-refractivity contribution >= 4 is 57.0 Å². The summed E-state index contributed by atoms with van der Waals surface area (Å²) in [5.41, 5.74) is 0. The molecule has 0 aromatic heterocycles. The lowest BCUT2D eigenvalue weighted by molar-refractivity contribution is 0.445. The van der Waals surface area contributed by atoms with Gasteiger partial charge in [-0.15, -0.1) is 0 Å². The van der Waals surface area contributed by atoms with Gasteiger partial charge in [-0.2, -0.15) is 0 Å². The van der Waals surface area contributed by atoms with E-state index in [0.29, 0.717) is 0 Å². The van der Waals surface area contributed by atoms with Crippen LogP contribution in [0.4, 0.5) is 0 Å². The molecule has 0 unspecified atom stereocenters. The Kier molecular flexibility index (Phi) is 8.55. The first-order valence-corrected chi connectivity index (χ1v) is 19.9. The second-order valence-electron chi connectivity index (χ2n) is 10.3. The van der Waals surface area contributed by atoms with E-state index < -0.39 is 25.9 Å². The average Bonchev–Trinajstić information content (AvgIpc) is 3.08. The van der Waals surface area contributed by atoms with Crippen LogP contribution in [-0.4, -0.2) is 25.9 Å². The zero-order valence-corrected chi connectivity index (χ0v) is 26.6. The molecule has 0 atom stereocenters. The lowest BCUT2D eigenvalue weighted by Gasteiger charge is -2.39. The summed E-state index contributed by atoms with van der Waals surface area (Å²) >= 11 is 0. The van der Waals surface area contributed by atoms with Crippen molar-refractivity contribution < 1.29 is 8.23 Å². The molecule has 5 heteroatoms. The summed E-state index contributed by atoms with van der Waals surface area (Å²) in [5.74, 6) is 0. The number of hydrogen-bond donors (Lipinski definition) is 0. The second-order valence-corrected chi connectivity index (χ2v) is 19.1. The van der Waals surface area contributed by atoms with Crippen LogP contribution in [0.2, 0.25) is 6.55 Å². The maximum atomic E-state index is 7.57. The number of benzene rings is 6. The van der Waals surface area contributed by atoms with Gasteiger partial charge < -0.3 is 8.23 Å². The van der Waals surface area contributed by atoms with Gasteiger partial charge in [0, 0.05) is 0 Å². The molecular weight excluding hydrogens is 561 g/mol. The molecule has 0 saturated carbocycles. The molecule has 0 amide bonds. The van der Waals surface area contributed by atoms with Crippen molar-refractivity contribution in [1.29, 1.82) is 0 Å². The van der Waals surface area contributed by atoms with Crippen LogP contribution in [0.25, 0.3) is 0 Å². The Morgan fingerprint density at radius 3 is 0.643 bits per heavy atom. The van der Waals surface area contributed by atoms with Crippen molar-refractivity contribution in [2.75, 3.05) is 0 Å². The molecule has 0 N–H and O–H groups in total. The fourth-order valence-electron chi connectivity index (χ4n) is 5.84. The SMILES string of the molecule is C[Si](O[Si](c1ccccc1)(c1ccccc1)c1ccccc1)O[Si](c1ccccc1)(c1ccccc1)c1ccccc1. The Morgan fingerprint density at radius 2 is 0.476 bits per heavy atom. The number of rotatable bonds is 10. The first-order chi connectivity index (χ1) is 20.7. The molecule has 0 spiro atoms. The van der Waals surface area contributed by atoms with Crippen molar-refractivity contribution in [3.05, 3.63) is 182 Å². The highest BCUT2D eigenvalue weighted by atomic mass is 28.4. The fourth-order valence-corrected chi connectivity index (χ4v) is 18.6. The molecule has 0 aliphatic heterocycles. The summed E-state index contributed by atoms with van der Waals surface area (Å²) in [6, 6.07) is 64.5. The van der Waals surface area contributed by atoms with Crippen LogP contribution in [0.3, 0.4) is 0 Å². The van der Waals surface area contributed by atoms with Crippen LogP contribution in [0, 0.1) is 0 Å². The highest BCUT2D eigenvalue weighted by molar-refractivity contribution is 7.12. The van der Waals surface area contributed by atoms with Gasteiger partial charge in [-0.1, -0.05) is 182 Å². The normalized spacial score (nSPS) is 11.9. The molecule has 0 heterocycles. The zero-order valence-electron chi connectivity index (χ0n) is 23.6. The van der Waals surface area contributed by atoms with Gasteiger partial charge in [-0.3, -0.25) is 0 Å². The van der Waals surface area contributed by atoms with Gasteiger partial charge in [-0.05, 0) is 37.7 Å². The molecule has 0 saturated heterocycles. The van der Waals surface area contributed by atoms with E-state index in [2.05, 4.69) is 189 Å². The predicted octanol–water partition coefficient (Wildman–Crippen LogP) is 4.47. The molecule has 6 aromatic carbocycles. The van der Waals surface area contributed by atoms with Gasteiger partial charge in [0.25, 0.3) is 16.6 Å². The molecule has 0 bridgehead atoms. The summed E-state index contributed by atoms with van der Waals surface area (Å²) in [4.78, 5) is 0. The maximum Gasteiger partial charge on any atom is 0.360 e. The van der Waals surface area contributed by atoms with E-state index in [-0.39, 0.29) is 0 Å². The summed E-state index contributed by atoms with van der Waals surface area (Å²) < 4.78 is 15.1. The van der Waals surface area contributed by atoms with Crippen molar-refractivity contribution in [3.63, 3.8) is 0 Å². The largest absolute Gasteiger partial charge is 0.425 e. The van der Waals surface area contributed by atoms with Crippen molar-refractivity contribution in [2.45, 2.75) is 6.55 Å². The van der Waals surface area contributed by atoms with Crippen molar-refractivity contribution in [1.82, 2.24) is 0 Å². The van der Waals surface area contributed by atoms with E-state index in [1.54, 1.807) is 0 Å². The first kappa shape index (κ1) is 28.0. The quantitative estimate of drug-likeness (QED) is 0.172. The van der Waals surface area contributed by atoms with Crippen LogP contribution in [-0.2, 0) is 8.23 Å². The van der Waals surface area contributed by atoms with Gasteiger partial charge in [-0.25, -0.2) is 0 Å². The molecule has 2 nitrogen and oxygen atoms in total. The molecule has 42 heavy (non-hydrogen) atoms. The van der Waals surface area contributed by atoms with Gasteiger partial charge >= 0.3 is 9.28 Å². The highest BCUT2D eigenvalue weighted by Gasteiger charge is 2.48. The monoisotopic (exact) mass is 593 g/mol. The van der Waals surface area contributed by atoms with Gasteiger partial charge in [0.1, 0.15) is 0 Å². The minimum absolute atomic E-state index is 1.21. The van der Waals surface area contributed by atoms with Gasteiger partial charge in [0.05, 0.1) is 0 Å². The Balaban J connectivity index is 1.54. The second kappa shape index (κ2) is 12.8. The molecule has 6 rings (SSSR count). The molecular formula is C37H33O2Si3. The van der Waals surface area contributed by atoms with E-state index in [9.17, 15) is 0 Å². The summed E-state index contributed by atoms with van der Waals surface area (Å²) in [7, 11) is -7.76. The van der Waals surface area contributed by atoms with E-state index in [1.165, 1.54) is 31.1 Å². The van der Waals surface area contributed by atoms with Crippen LogP contribution in [0.15, 0.2) is 182 Å². The van der Waals surface area contributed by atoms with Crippen LogP contribution < -0.4 is 31.1 Å². The molecule has 0 aliphatic carbocycles. The van der Waals surface area contributed by atoms with E-state index >= 15 is 0 Å². The standard InChI is InChI=1S/C37H33O2Si3/c1-40(38-41(32-20-8-2-9-21-32,33-22-10-3-11-23-33)34-24-12-4-13-25-34)39-42(35-26-14-5-15-27-35,36-28-16-6-17-29-36)37-30-18-7-19-31-37/h2-31H,1H3. The van der Waals surface area contributed by atoms with Crippen molar-refractivity contribution in [3.8, 4) is 0 Å². The van der Waals surface area contributed by atoms with Gasteiger partial charge in [0.15, 0.2) is 0 Å². The van der Waals surface area contributed by atoms with E-state index in [0.717, 1.165) is 0 Å². The third kappa shape index (κ3) is 5.41. The molecule has 205 valence electrons. The Morgan fingerprint density at radius 1 is 0.310 bits per heavy atom. The van der Waals surface area contributed by atoms with E-state index in [1.807, 2.05) is 0 Å². The molecule has 6 aromatic rings. The lowest BCUT2D eigenvalue weighted by atomic mass is 10.3. The van der Waals surface area contributed by atoms with E-state index in [4.69, 9.17) is 8.23 Å². The van der Waals surface area contributed by atoms with Crippen molar-refractivity contribution in [2.24, 2.45) is 0 Å². The molecule has 0 fully saturated rings. The predicted molar refractivity (Wildman–Crippen MR) is 182 cm³/mol. The summed E-state index contributed by atoms with van der Waals surface area (Å²) in [6.07, 6.45) is 0. The minimum atomic E-state index is -2.95. The fraction of sp³-hybridized carbons (Fsp3) is 0.0270. The van der Waals surface area contributed by atoms with Crippen LogP contribution >= 0.6 is 0 Å². The highest BCUT2D eigenvalue weighted by Crippen LogP contribution is 2.16. The molecule has 1 radical (unpaired) electrons.